The lowest BCUT2D eigenvalue weighted by Gasteiger charge is -2.11. The van der Waals surface area contributed by atoms with Gasteiger partial charge in [-0.3, -0.25) is 4.79 Å². The number of hydrogen-bond acceptors (Lipinski definition) is 3. The van der Waals surface area contributed by atoms with E-state index in [0.717, 1.165) is 22.1 Å². The van der Waals surface area contributed by atoms with Crippen molar-refractivity contribution in [3.05, 3.63) is 69.7 Å². The van der Waals surface area contributed by atoms with Crippen molar-refractivity contribution in [2.75, 3.05) is 6.54 Å². The second-order valence-electron chi connectivity index (χ2n) is 6.42. The molecule has 4 nitrogen and oxygen atoms in total. The van der Waals surface area contributed by atoms with E-state index < -0.39 is 5.97 Å². The molecule has 0 aromatic heterocycles. The number of carboxylic acids is 1. The molecule has 1 heterocycles. The molecule has 3 rings (SSSR count). The van der Waals surface area contributed by atoms with Gasteiger partial charge in [-0.1, -0.05) is 46.3 Å². The Bertz CT molecular complexity index is 798. The first-order chi connectivity index (χ1) is 12.6. The van der Waals surface area contributed by atoms with Crippen LogP contribution in [0.4, 0.5) is 0 Å². The first-order valence-electron chi connectivity index (χ1n) is 8.74. The zero-order valence-electron chi connectivity index (χ0n) is 14.5. The molecule has 0 spiro atoms. The number of nitrogens with one attached hydrogen (secondary N) is 1. The molecule has 5 heteroatoms. The topological polar surface area (TPSA) is 58.6 Å². The van der Waals surface area contributed by atoms with Gasteiger partial charge in [0, 0.05) is 16.1 Å². The third kappa shape index (κ3) is 5.44. The first kappa shape index (κ1) is 18.7. The van der Waals surface area contributed by atoms with Crippen LogP contribution in [0.15, 0.2) is 53.0 Å². The van der Waals surface area contributed by atoms with Gasteiger partial charge in [0.25, 0.3) is 0 Å². The van der Waals surface area contributed by atoms with E-state index in [1.807, 2.05) is 24.3 Å². The first-order valence-corrected chi connectivity index (χ1v) is 9.53. The summed E-state index contributed by atoms with van der Waals surface area (Å²) in [5.41, 5.74) is 2.83. The Kier molecular flexibility index (Phi) is 6.47. The van der Waals surface area contributed by atoms with Crippen molar-refractivity contribution in [2.45, 2.75) is 31.9 Å². The van der Waals surface area contributed by atoms with Crippen LogP contribution in [0.5, 0.6) is 5.75 Å². The Morgan fingerprint density at radius 2 is 2.15 bits per heavy atom. The fourth-order valence-electron chi connectivity index (χ4n) is 3.07. The van der Waals surface area contributed by atoms with Gasteiger partial charge in [0.15, 0.2) is 0 Å². The van der Waals surface area contributed by atoms with Crippen molar-refractivity contribution in [3.8, 4) is 5.75 Å². The predicted molar refractivity (Wildman–Crippen MR) is 106 cm³/mol. The molecule has 136 valence electrons. The number of halogens is 1. The van der Waals surface area contributed by atoms with Gasteiger partial charge in [0.05, 0.1) is 6.42 Å². The van der Waals surface area contributed by atoms with Gasteiger partial charge in [-0.15, -0.1) is 0 Å². The molecule has 1 aliphatic rings. The molecule has 2 N–H and O–H groups in total. The smallest absolute Gasteiger partial charge is 0.307 e. The number of rotatable bonds is 7. The largest absolute Gasteiger partial charge is 0.489 e. The highest BCUT2D eigenvalue weighted by Crippen LogP contribution is 2.22. The maximum atomic E-state index is 11.0. The Morgan fingerprint density at radius 3 is 2.92 bits per heavy atom. The molecule has 1 saturated heterocycles. The summed E-state index contributed by atoms with van der Waals surface area (Å²) < 4.78 is 6.89. The minimum atomic E-state index is -0.864. The standard InChI is InChI=1S/C21H22BrNO3/c22-18-11-15(7-8-19-5-3-9-23-19)10-16(12-18)14-26-20-6-2-1-4-17(20)13-21(24)25/h1-2,4,6-8,10-12,19,23H,3,5,9,13-14H2,(H,24,25)/b8-7+. The monoisotopic (exact) mass is 415 g/mol. The SMILES string of the molecule is O=C(O)Cc1ccccc1OCc1cc(Br)cc(/C=C/C2CCCN2)c1. The van der Waals surface area contributed by atoms with Gasteiger partial charge in [-0.05, 0) is 54.8 Å². The van der Waals surface area contributed by atoms with Crippen molar-refractivity contribution in [3.63, 3.8) is 0 Å². The van der Waals surface area contributed by atoms with Gasteiger partial charge in [0.1, 0.15) is 12.4 Å². The summed E-state index contributed by atoms with van der Waals surface area (Å²) in [7, 11) is 0. The molecule has 26 heavy (non-hydrogen) atoms. The van der Waals surface area contributed by atoms with Gasteiger partial charge in [-0.25, -0.2) is 0 Å². The van der Waals surface area contributed by atoms with Crippen LogP contribution in [-0.2, 0) is 17.8 Å². The fourth-order valence-corrected chi connectivity index (χ4v) is 3.63. The number of aliphatic carboxylic acids is 1. The maximum Gasteiger partial charge on any atom is 0.307 e. The molecule has 0 aliphatic carbocycles. The summed E-state index contributed by atoms with van der Waals surface area (Å²) in [5.74, 6) is -0.251. The average molecular weight is 416 g/mol. The molecule has 0 radical (unpaired) electrons. The summed E-state index contributed by atoms with van der Waals surface area (Å²) in [5, 5.41) is 12.5. The molecular weight excluding hydrogens is 394 g/mol. The quantitative estimate of drug-likeness (QED) is 0.702. The van der Waals surface area contributed by atoms with Gasteiger partial charge < -0.3 is 15.2 Å². The molecule has 2 aromatic rings. The highest BCUT2D eigenvalue weighted by Gasteiger charge is 2.10. The van der Waals surface area contributed by atoms with Crippen molar-refractivity contribution in [2.24, 2.45) is 0 Å². The minimum absolute atomic E-state index is 0.0446. The van der Waals surface area contributed by atoms with Crippen molar-refractivity contribution >= 4 is 28.0 Å². The van der Waals surface area contributed by atoms with Crippen LogP contribution in [0.25, 0.3) is 6.08 Å². The summed E-state index contributed by atoms with van der Waals surface area (Å²) in [4.78, 5) is 11.0. The molecule has 0 saturated carbocycles. The Balaban J connectivity index is 1.69. The highest BCUT2D eigenvalue weighted by atomic mass is 79.9. The Morgan fingerprint density at radius 1 is 1.31 bits per heavy atom. The normalized spacial score (nSPS) is 16.9. The minimum Gasteiger partial charge on any atom is -0.489 e. The van der Waals surface area contributed by atoms with Crippen LogP contribution in [0.3, 0.4) is 0 Å². The van der Waals surface area contributed by atoms with E-state index >= 15 is 0 Å². The van der Waals surface area contributed by atoms with E-state index in [4.69, 9.17) is 9.84 Å². The number of carboxylic acid groups (broad SMARTS) is 1. The third-order valence-electron chi connectivity index (χ3n) is 4.31. The number of carbonyl (C=O) groups is 1. The van der Waals surface area contributed by atoms with E-state index in [0.29, 0.717) is 24.0 Å². The van der Waals surface area contributed by atoms with E-state index in [-0.39, 0.29) is 6.42 Å². The van der Waals surface area contributed by atoms with Crippen LogP contribution in [0.2, 0.25) is 0 Å². The van der Waals surface area contributed by atoms with Gasteiger partial charge >= 0.3 is 5.97 Å². The molecule has 0 amide bonds. The highest BCUT2D eigenvalue weighted by molar-refractivity contribution is 9.10. The maximum absolute atomic E-state index is 11.0. The van der Waals surface area contributed by atoms with Crippen molar-refractivity contribution < 1.29 is 14.6 Å². The van der Waals surface area contributed by atoms with Crippen LogP contribution in [-0.4, -0.2) is 23.7 Å². The van der Waals surface area contributed by atoms with Gasteiger partial charge in [-0.2, -0.15) is 0 Å². The Labute approximate surface area is 162 Å². The number of para-hydroxylation sites is 1. The second kappa shape index (κ2) is 9.01. The Hall–Kier alpha value is -2.11. The van der Waals surface area contributed by atoms with E-state index in [2.05, 4.69) is 45.5 Å². The zero-order valence-corrected chi connectivity index (χ0v) is 16.0. The van der Waals surface area contributed by atoms with E-state index in [9.17, 15) is 4.79 Å². The predicted octanol–water partition coefficient (Wildman–Crippen LogP) is 4.42. The van der Waals surface area contributed by atoms with E-state index in [1.165, 1.54) is 12.8 Å². The van der Waals surface area contributed by atoms with Crippen LogP contribution in [0, 0.1) is 0 Å². The summed E-state index contributed by atoms with van der Waals surface area (Å²) >= 11 is 3.56. The lowest BCUT2D eigenvalue weighted by Crippen LogP contribution is -2.17. The molecule has 1 unspecified atom stereocenters. The number of benzene rings is 2. The summed E-state index contributed by atoms with van der Waals surface area (Å²) in [6.45, 7) is 1.47. The zero-order chi connectivity index (χ0) is 18.4. The van der Waals surface area contributed by atoms with E-state index in [1.54, 1.807) is 6.07 Å². The van der Waals surface area contributed by atoms with Crippen molar-refractivity contribution in [1.82, 2.24) is 5.32 Å². The van der Waals surface area contributed by atoms with Crippen LogP contribution in [0.1, 0.15) is 29.5 Å². The molecule has 2 aromatic carbocycles. The molecule has 1 aliphatic heterocycles. The van der Waals surface area contributed by atoms with Crippen LogP contribution >= 0.6 is 15.9 Å². The average Bonchev–Trinajstić information content (AvgIpc) is 3.12. The lowest BCUT2D eigenvalue weighted by atomic mass is 10.1. The fraction of sp³-hybridized carbons (Fsp3) is 0.286. The summed E-state index contributed by atoms with van der Waals surface area (Å²) in [6.07, 6.45) is 6.71. The number of ether oxygens (including phenoxy) is 1. The summed E-state index contributed by atoms with van der Waals surface area (Å²) in [6, 6.07) is 13.9. The molecule has 1 atom stereocenters. The van der Waals surface area contributed by atoms with Crippen LogP contribution < -0.4 is 10.1 Å². The van der Waals surface area contributed by atoms with Crippen molar-refractivity contribution in [1.29, 1.82) is 0 Å². The molecule has 0 bridgehead atoms. The lowest BCUT2D eigenvalue weighted by molar-refractivity contribution is -0.136. The molecular formula is C21H22BrNO3. The van der Waals surface area contributed by atoms with Gasteiger partial charge in [0.2, 0.25) is 0 Å². The third-order valence-corrected chi connectivity index (χ3v) is 4.77. The second-order valence-corrected chi connectivity index (χ2v) is 7.34. The number of hydrogen-bond donors (Lipinski definition) is 2. The molecule has 1 fully saturated rings.